The smallest absolute Gasteiger partial charge is 0.282 e. The number of halogens is 2. The Bertz CT molecular complexity index is 1710. The van der Waals surface area contributed by atoms with Gasteiger partial charge in [0.2, 0.25) is 5.82 Å². The van der Waals surface area contributed by atoms with Crippen molar-refractivity contribution < 1.29 is 13.9 Å². The maximum absolute atomic E-state index is 13.4. The summed E-state index contributed by atoms with van der Waals surface area (Å²) in [6.07, 6.45) is 3.10. The number of furan rings is 1. The van der Waals surface area contributed by atoms with Crippen molar-refractivity contribution in [3.63, 3.8) is 0 Å². The number of ether oxygens (including phenoxy) is 2. The van der Waals surface area contributed by atoms with E-state index < -0.39 is 0 Å². The van der Waals surface area contributed by atoms with E-state index in [0.717, 1.165) is 5.39 Å². The monoisotopic (exact) mass is 519 g/mol. The molecule has 0 bridgehead atoms. The Morgan fingerprint density at radius 1 is 1.14 bits per heavy atom. The number of methoxy groups -OCH3 is 1. The van der Waals surface area contributed by atoms with E-state index in [4.69, 9.17) is 37.1 Å². The number of fused-ring (bicyclic) bond motifs is 2. The third-order valence-corrected chi connectivity index (χ3v) is 5.89. The van der Waals surface area contributed by atoms with Gasteiger partial charge in [-0.1, -0.05) is 48.0 Å². The van der Waals surface area contributed by atoms with Crippen molar-refractivity contribution in [2.24, 2.45) is 5.10 Å². The van der Waals surface area contributed by atoms with Crippen LogP contribution in [-0.4, -0.2) is 29.6 Å². The molecule has 7 nitrogen and oxygen atoms in total. The fourth-order valence-corrected chi connectivity index (χ4v) is 4.19. The highest BCUT2D eigenvalue weighted by molar-refractivity contribution is 6.32. The van der Waals surface area contributed by atoms with Crippen molar-refractivity contribution in [2.45, 2.75) is 0 Å². The first-order chi connectivity index (χ1) is 17.5. The van der Waals surface area contributed by atoms with E-state index in [2.05, 4.69) is 16.7 Å². The molecule has 5 rings (SSSR count). The van der Waals surface area contributed by atoms with Crippen LogP contribution in [0.1, 0.15) is 5.56 Å². The molecule has 0 amide bonds. The summed E-state index contributed by atoms with van der Waals surface area (Å²) in [5, 5.41) is 6.56. The summed E-state index contributed by atoms with van der Waals surface area (Å²) in [5.41, 5.74) is 1.37. The van der Waals surface area contributed by atoms with Crippen molar-refractivity contribution >= 4 is 51.3 Å². The number of rotatable bonds is 7. The molecule has 9 heteroatoms. The quantitative estimate of drug-likeness (QED) is 0.179. The molecule has 0 radical (unpaired) electrons. The van der Waals surface area contributed by atoms with Crippen molar-refractivity contribution in [1.29, 1.82) is 0 Å². The van der Waals surface area contributed by atoms with Crippen molar-refractivity contribution in [3.8, 4) is 23.1 Å². The van der Waals surface area contributed by atoms with E-state index in [9.17, 15) is 4.79 Å². The van der Waals surface area contributed by atoms with Crippen LogP contribution in [0.25, 0.3) is 33.5 Å². The van der Waals surface area contributed by atoms with Gasteiger partial charge in [0.05, 0.1) is 29.2 Å². The highest BCUT2D eigenvalue weighted by Gasteiger charge is 2.17. The summed E-state index contributed by atoms with van der Waals surface area (Å²) >= 11 is 12.5. The normalized spacial score (nSPS) is 11.4. The zero-order chi connectivity index (χ0) is 25.2. The molecule has 0 saturated carbocycles. The van der Waals surface area contributed by atoms with Crippen LogP contribution in [0.15, 0.2) is 87.6 Å². The lowest BCUT2D eigenvalue weighted by atomic mass is 10.2. The molecule has 0 saturated heterocycles. The second-order valence-electron chi connectivity index (χ2n) is 7.74. The van der Waals surface area contributed by atoms with Gasteiger partial charge in [0.15, 0.2) is 17.3 Å². The van der Waals surface area contributed by atoms with Crippen molar-refractivity contribution in [2.75, 3.05) is 13.7 Å². The Morgan fingerprint density at radius 2 is 1.97 bits per heavy atom. The third-order valence-electron chi connectivity index (χ3n) is 5.37. The Morgan fingerprint density at radius 3 is 2.78 bits per heavy atom. The maximum atomic E-state index is 13.4. The minimum absolute atomic E-state index is 0.242. The number of nitrogens with zero attached hydrogens (tertiary/aromatic N) is 3. The third kappa shape index (κ3) is 4.46. The molecule has 0 unspecified atom stereocenters. The molecule has 0 aliphatic carbocycles. The van der Waals surface area contributed by atoms with Gasteiger partial charge in [-0.25, -0.2) is 4.98 Å². The Hall–Kier alpha value is -4.07. The van der Waals surface area contributed by atoms with E-state index in [1.807, 2.05) is 6.07 Å². The van der Waals surface area contributed by atoms with Gasteiger partial charge in [0, 0.05) is 10.4 Å². The second-order valence-corrected chi connectivity index (χ2v) is 8.58. The number of hydrogen-bond acceptors (Lipinski definition) is 6. The first-order valence-electron chi connectivity index (χ1n) is 10.9. The summed E-state index contributed by atoms with van der Waals surface area (Å²) in [5.74, 6) is 1.42. The van der Waals surface area contributed by atoms with Crippen molar-refractivity contribution in [3.05, 3.63) is 99.3 Å². The van der Waals surface area contributed by atoms with Gasteiger partial charge >= 0.3 is 0 Å². The SMILES string of the molecule is C=CCOc1c(Cl)cc(C=Nn2c(-c3cc4cc(Cl)ccc4o3)nc3ccccc3c2=O)cc1OC. The largest absolute Gasteiger partial charge is 0.493 e. The number of benzene rings is 3. The molecule has 0 atom stereocenters. The topological polar surface area (TPSA) is 78.9 Å². The van der Waals surface area contributed by atoms with Gasteiger partial charge in [-0.05, 0) is 54.1 Å². The zero-order valence-electron chi connectivity index (χ0n) is 19.1. The Kier molecular flexibility index (Phi) is 6.50. The molecule has 0 spiro atoms. The average molecular weight is 520 g/mol. The zero-order valence-corrected chi connectivity index (χ0v) is 20.6. The van der Waals surface area contributed by atoms with Crippen LogP contribution in [0, 0.1) is 0 Å². The van der Waals surface area contributed by atoms with Gasteiger partial charge < -0.3 is 13.9 Å². The number of para-hydroxylation sites is 1. The predicted molar refractivity (Wildman–Crippen MR) is 143 cm³/mol. The number of aromatic nitrogens is 2. The molecule has 0 fully saturated rings. The van der Waals surface area contributed by atoms with E-state index in [1.54, 1.807) is 60.7 Å². The molecule has 180 valence electrons. The summed E-state index contributed by atoms with van der Waals surface area (Å²) in [7, 11) is 1.51. The van der Waals surface area contributed by atoms with Gasteiger partial charge in [-0.15, -0.1) is 0 Å². The molecule has 5 aromatic rings. The van der Waals surface area contributed by atoms with E-state index in [-0.39, 0.29) is 18.0 Å². The van der Waals surface area contributed by atoms with E-state index in [1.165, 1.54) is 18.0 Å². The van der Waals surface area contributed by atoms with Crippen LogP contribution in [0.4, 0.5) is 0 Å². The van der Waals surface area contributed by atoms with Gasteiger partial charge in [-0.2, -0.15) is 9.78 Å². The lowest BCUT2D eigenvalue weighted by Gasteiger charge is -2.12. The van der Waals surface area contributed by atoms with Gasteiger partial charge in [0.1, 0.15) is 12.2 Å². The fourth-order valence-electron chi connectivity index (χ4n) is 3.74. The Labute approximate surface area is 215 Å². The van der Waals surface area contributed by atoms with Gasteiger partial charge in [-0.3, -0.25) is 4.79 Å². The summed E-state index contributed by atoms with van der Waals surface area (Å²) < 4.78 is 18.2. The molecule has 3 aromatic carbocycles. The lowest BCUT2D eigenvalue weighted by Crippen LogP contribution is -2.20. The molecule has 0 aliphatic rings. The van der Waals surface area contributed by atoms with E-state index >= 15 is 0 Å². The summed E-state index contributed by atoms with van der Waals surface area (Å²) in [6.45, 7) is 3.91. The summed E-state index contributed by atoms with van der Waals surface area (Å²) in [6, 6.07) is 17.5. The predicted octanol–water partition coefficient (Wildman–Crippen LogP) is 6.57. The first-order valence-corrected chi connectivity index (χ1v) is 11.6. The van der Waals surface area contributed by atoms with Crippen LogP contribution < -0.4 is 15.0 Å². The molecule has 0 aliphatic heterocycles. The lowest BCUT2D eigenvalue weighted by molar-refractivity contribution is 0.326. The van der Waals surface area contributed by atoms with Crippen LogP contribution in [0.2, 0.25) is 10.0 Å². The highest BCUT2D eigenvalue weighted by Crippen LogP contribution is 2.36. The molecule has 36 heavy (non-hydrogen) atoms. The average Bonchev–Trinajstić information content (AvgIpc) is 3.30. The molecular weight excluding hydrogens is 501 g/mol. The minimum Gasteiger partial charge on any atom is -0.493 e. The van der Waals surface area contributed by atoms with Gasteiger partial charge in [0.25, 0.3) is 5.56 Å². The number of hydrogen-bond donors (Lipinski definition) is 0. The molecule has 2 aromatic heterocycles. The van der Waals surface area contributed by atoms with E-state index in [0.29, 0.717) is 49.4 Å². The van der Waals surface area contributed by atoms with Crippen LogP contribution >= 0.6 is 23.2 Å². The fraction of sp³-hybridized carbons (Fsp3) is 0.0741. The van der Waals surface area contributed by atoms with Crippen molar-refractivity contribution in [1.82, 2.24) is 9.66 Å². The molecule has 0 N–H and O–H groups in total. The van der Waals surface area contributed by atoms with Crippen LogP contribution in [0.5, 0.6) is 11.5 Å². The molecular formula is C27H19Cl2N3O4. The standard InChI is InChI=1S/C27H19Cl2N3O4/c1-3-10-35-25-20(29)11-16(12-23(25)34-2)15-30-32-26(31-21-7-5-4-6-19(21)27(32)33)24-14-17-13-18(28)8-9-22(17)36-24/h3-9,11-15H,1,10H2,2H3. The maximum Gasteiger partial charge on any atom is 0.282 e. The minimum atomic E-state index is -0.352. The van der Waals surface area contributed by atoms with Crippen LogP contribution in [0.3, 0.4) is 0 Å². The highest BCUT2D eigenvalue weighted by atomic mass is 35.5. The Balaban J connectivity index is 1.66. The molecule has 2 heterocycles. The van der Waals surface area contributed by atoms with Crippen LogP contribution in [-0.2, 0) is 0 Å². The summed E-state index contributed by atoms with van der Waals surface area (Å²) in [4.78, 5) is 18.1. The first kappa shape index (κ1) is 23.7. The second kappa shape index (κ2) is 9.89.